The van der Waals surface area contributed by atoms with Gasteiger partial charge in [-0.05, 0) is 42.7 Å². The Morgan fingerprint density at radius 1 is 1.03 bits per heavy atom. The number of likely N-dealkylation sites (tertiary alicyclic amines) is 1. The zero-order chi connectivity index (χ0) is 24.5. The summed E-state index contributed by atoms with van der Waals surface area (Å²) in [5.74, 6) is 2.31. The molecule has 0 aliphatic carbocycles. The van der Waals surface area contributed by atoms with Gasteiger partial charge in [-0.25, -0.2) is 8.42 Å². The molecule has 1 saturated heterocycles. The first-order valence-corrected chi connectivity index (χ1v) is 12.9. The monoisotopic (exact) mass is 491 g/mol. The van der Waals surface area contributed by atoms with E-state index < -0.39 is 15.3 Å². The molecule has 34 heavy (non-hydrogen) atoms. The van der Waals surface area contributed by atoms with E-state index in [0.717, 1.165) is 5.56 Å². The molecule has 10 heteroatoms. The molecule has 4 rings (SSSR count). The average Bonchev–Trinajstić information content (AvgIpc) is 3.48. The fourth-order valence-corrected chi connectivity index (χ4v) is 5.39. The van der Waals surface area contributed by atoms with Crippen LogP contribution in [0.4, 0.5) is 0 Å². The normalized spacial score (nSPS) is 19.2. The van der Waals surface area contributed by atoms with Gasteiger partial charge in [-0.1, -0.05) is 6.07 Å². The summed E-state index contributed by atoms with van der Waals surface area (Å²) < 4.78 is 51.2. The Bertz CT molecular complexity index is 1170. The van der Waals surface area contributed by atoms with E-state index in [4.69, 9.17) is 23.7 Å². The van der Waals surface area contributed by atoms with Gasteiger partial charge in [-0.15, -0.1) is 0 Å². The summed E-state index contributed by atoms with van der Waals surface area (Å²) in [5, 5.41) is 0. The van der Waals surface area contributed by atoms with Crippen LogP contribution in [-0.2, 0) is 15.3 Å². The zero-order valence-electron chi connectivity index (χ0n) is 19.8. The third-order valence-electron chi connectivity index (χ3n) is 6.49. The van der Waals surface area contributed by atoms with Crippen LogP contribution in [0.2, 0.25) is 0 Å². The highest BCUT2D eigenvalue weighted by atomic mass is 32.2. The van der Waals surface area contributed by atoms with Crippen LogP contribution in [0, 0.1) is 0 Å². The lowest BCUT2D eigenvalue weighted by atomic mass is 9.77. The Morgan fingerprint density at radius 2 is 1.71 bits per heavy atom. The second-order valence-electron chi connectivity index (χ2n) is 8.62. The lowest BCUT2D eigenvalue weighted by Crippen LogP contribution is -2.36. The van der Waals surface area contributed by atoms with Crippen LogP contribution in [-0.4, -0.2) is 72.4 Å². The molecule has 2 aromatic carbocycles. The predicted molar refractivity (Wildman–Crippen MR) is 125 cm³/mol. The first kappa shape index (κ1) is 24.0. The molecular formula is C24H29NO8S. The highest BCUT2D eigenvalue weighted by Crippen LogP contribution is 2.44. The van der Waals surface area contributed by atoms with Crippen molar-refractivity contribution < 1.29 is 36.9 Å². The number of benzene rings is 2. The van der Waals surface area contributed by atoms with Gasteiger partial charge in [0.15, 0.2) is 23.0 Å². The summed E-state index contributed by atoms with van der Waals surface area (Å²) >= 11 is 0. The van der Waals surface area contributed by atoms with E-state index in [1.165, 1.54) is 27.6 Å². The number of methoxy groups -OCH3 is 3. The summed E-state index contributed by atoms with van der Waals surface area (Å²) in [6.07, 6.45) is 2.25. The summed E-state index contributed by atoms with van der Waals surface area (Å²) in [7, 11) is 1.31. The minimum atomic E-state index is -3.19. The number of carbonyl (C=O) groups is 1. The smallest absolute Gasteiger partial charge is 0.254 e. The van der Waals surface area contributed by atoms with Crippen molar-refractivity contribution in [2.24, 2.45) is 0 Å². The zero-order valence-corrected chi connectivity index (χ0v) is 20.6. The van der Waals surface area contributed by atoms with E-state index in [1.807, 2.05) is 18.2 Å². The number of fused-ring (bicyclic) bond motifs is 1. The number of hydrogen-bond donors (Lipinski definition) is 0. The van der Waals surface area contributed by atoms with Crippen LogP contribution in [0.3, 0.4) is 0 Å². The van der Waals surface area contributed by atoms with Crippen molar-refractivity contribution in [2.45, 2.75) is 18.3 Å². The van der Waals surface area contributed by atoms with Gasteiger partial charge in [0.25, 0.3) is 5.91 Å². The number of sulfone groups is 1. The molecule has 1 fully saturated rings. The van der Waals surface area contributed by atoms with Gasteiger partial charge in [-0.2, -0.15) is 0 Å². The van der Waals surface area contributed by atoms with Crippen molar-refractivity contribution in [3.8, 4) is 28.7 Å². The summed E-state index contributed by atoms with van der Waals surface area (Å²) in [5.41, 5.74) is 0.806. The molecule has 0 saturated carbocycles. The van der Waals surface area contributed by atoms with Gasteiger partial charge in [0.1, 0.15) is 9.84 Å². The van der Waals surface area contributed by atoms with Gasteiger partial charge in [0.05, 0.1) is 27.1 Å². The quantitative estimate of drug-likeness (QED) is 0.556. The maximum Gasteiger partial charge on any atom is 0.254 e. The molecule has 1 atom stereocenters. The van der Waals surface area contributed by atoms with Gasteiger partial charge in [0.2, 0.25) is 12.5 Å². The third-order valence-corrected chi connectivity index (χ3v) is 7.43. The van der Waals surface area contributed by atoms with Crippen molar-refractivity contribution in [2.75, 3.05) is 53.2 Å². The van der Waals surface area contributed by atoms with E-state index in [9.17, 15) is 13.2 Å². The van der Waals surface area contributed by atoms with E-state index >= 15 is 0 Å². The number of hydrogen-bond acceptors (Lipinski definition) is 8. The second kappa shape index (κ2) is 9.25. The average molecular weight is 492 g/mol. The molecule has 184 valence electrons. The molecule has 2 aromatic rings. The maximum atomic E-state index is 13.5. The largest absolute Gasteiger partial charge is 0.493 e. The fourth-order valence-electron chi connectivity index (χ4n) is 4.62. The van der Waals surface area contributed by atoms with Crippen LogP contribution in [0.5, 0.6) is 28.7 Å². The third kappa shape index (κ3) is 4.59. The van der Waals surface area contributed by atoms with E-state index in [0.29, 0.717) is 60.2 Å². The van der Waals surface area contributed by atoms with Crippen LogP contribution in [0.1, 0.15) is 28.8 Å². The molecule has 9 nitrogen and oxygen atoms in total. The highest BCUT2D eigenvalue weighted by Gasteiger charge is 2.42. The van der Waals surface area contributed by atoms with Crippen LogP contribution >= 0.6 is 0 Å². The number of ether oxygens (including phenoxy) is 5. The molecule has 0 bridgehead atoms. The standard InChI is InChI=1S/C24H29NO8S/c1-29-20-11-16(12-21(30-2)22(20)31-3)23(26)25-9-7-24(14-25,8-10-34(4,27)28)17-5-6-18-19(13-17)33-15-32-18/h5-6,11-13H,7-10,14-15H2,1-4H3. The molecule has 2 aliphatic rings. The fraction of sp³-hybridized carbons (Fsp3) is 0.458. The van der Waals surface area contributed by atoms with Crippen molar-refractivity contribution in [3.63, 3.8) is 0 Å². The topological polar surface area (TPSA) is 101 Å². The molecule has 0 N–H and O–H groups in total. The minimum Gasteiger partial charge on any atom is -0.493 e. The van der Waals surface area contributed by atoms with E-state index in [-0.39, 0.29) is 18.5 Å². The SMILES string of the molecule is COc1cc(C(=O)N2CCC(CCS(C)(=O)=O)(c3ccc4c(c3)OCO4)C2)cc(OC)c1OC. The Hall–Kier alpha value is -3.14. The van der Waals surface area contributed by atoms with E-state index in [1.54, 1.807) is 17.0 Å². The summed E-state index contributed by atoms with van der Waals surface area (Å²) in [6.45, 7) is 1.01. The van der Waals surface area contributed by atoms with Crippen molar-refractivity contribution in [3.05, 3.63) is 41.5 Å². The van der Waals surface area contributed by atoms with Crippen molar-refractivity contribution in [1.82, 2.24) is 4.90 Å². The first-order valence-electron chi connectivity index (χ1n) is 10.9. The van der Waals surface area contributed by atoms with Gasteiger partial charge < -0.3 is 28.6 Å². The summed E-state index contributed by atoms with van der Waals surface area (Å²) in [6, 6.07) is 8.92. The van der Waals surface area contributed by atoms with Gasteiger partial charge in [0, 0.05) is 30.3 Å². The molecule has 2 heterocycles. The molecule has 1 amide bonds. The number of nitrogens with zero attached hydrogens (tertiary/aromatic N) is 1. The molecule has 2 aliphatic heterocycles. The Balaban J connectivity index is 1.66. The Labute approximate surface area is 199 Å². The number of rotatable bonds is 8. The lowest BCUT2D eigenvalue weighted by molar-refractivity contribution is 0.0782. The molecule has 0 aromatic heterocycles. The highest BCUT2D eigenvalue weighted by molar-refractivity contribution is 7.90. The van der Waals surface area contributed by atoms with Crippen LogP contribution in [0.25, 0.3) is 0 Å². The van der Waals surface area contributed by atoms with Crippen LogP contribution < -0.4 is 23.7 Å². The van der Waals surface area contributed by atoms with Crippen molar-refractivity contribution >= 4 is 15.7 Å². The maximum absolute atomic E-state index is 13.5. The van der Waals surface area contributed by atoms with Crippen LogP contribution in [0.15, 0.2) is 30.3 Å². The van der Waals surface area contributed by atoms with Crippen molar-refractivity contribution in [1.29, 1.82) is 0 Å². The molecular weight excluding hydrogens is 462 g/mol. The van der Waals surface area contributed by atoms with E-state index in [2.05, 4.69) is 0 Å². The molecule has 0 radical (unpaired) electrons. The van der Waals surface area contributed by atoms with Gasteiger partial charge in [-0.3, -0.25) is 4.79 Å². The second-order valence-corrected chi connectivity index (χ2v) is 10.9. The lowest BCUT2D eigenvalue weighted by Gasteiger charge is -2.30. The Kier molecular flexibility index (Phi) is 6.53. The van der Waals surface area contributed by atoms with Gasteiger partial charge >= 0.3 is 0 Å². The summed E-state index contributed by atoms with van der Waals surface area (Å²) in [4.78, 5) is 15.2. The first-order chi connectivity index (χ1) is 16.2. The Morgan fingerprint density at radius 3 is 2.32 bits per heavy atom. The number of carbonyl (C=O) groups excluding carboxylic acids is 1. The molecule has 1 unspecified atom stereocenters. The minimum absolute atomic E-state index is 0.0215. The number of amides is 1. The molecule has 0 spiro atoms. The predicted octanol–water partition coefficient (Wildman–Crippen LogP) is 2.66.